The minimum absolute atomic E-state index is 0.192. The summed E-state index contributed by atoms with van der Waals surface area (Å²) in [7, 11) is 0. The monoisotopic (exact) mass is 275 g/mol. The lowest BCUT2D eigenvalue weighted by atomic mass is 10.1. The number of halogens is 1. The molecule has 4 nitrogen and oxygen atoms in total. The quantitative estimate of drug-likeness (QED) is 0.628. The first-order valence-corrected chi connectivity index (χ1v) is 6.45. The summed E-state index contributed by atoms with van der Waals surface area (Å²) in [5, 5.41) is 0. The fourth-order valence-corrected chi connectivity index (χ4v) is 1.96. The number of nitrogens with two attached hydrogens (primary N) is 1. The standard InChI is InChI=1S/C15H18FN3O/c1-11-3-2-4-14(7-11)20-6-5-15(19-17)12-8-13(16)10-18-9-12/h2-4,7-10,15,19H,5-6,17H2,1H3. The molecular formula is C15H18FN3O. The van der Waals surface area contributed by atoms with E-state index in [0.29, 0.717) is 18.6 Å². The lowest BCUT2D eigenvalue weighted by molar-refractivity contribution is 0.286. The van der Waals surface area contributed by atoms with Crippen LogP contribution in [0.5, 0.6) is 5.75 Å². The van der Waals surface area contributed by atoms with E-state index in [1.807, 2.05) is 31.2 Å². The molecule has 0 aliphatic carbocycles. The van der Waals surface area contributed by atoms with E-state index in [1.54, 1.807) is 6.20 Å². The number of hydrogen-bond donors (Lipinski definition) is 2. The Kier molecular flexibility index (Phi) is 5.03. The van der Waals surface area contributed by atoms with Crippen molar-refractivity contribution in [3.8, 4) is 5.75 Å². The van der Waals surface area contributed by atoms with Crippen molar-refractivity contribution in [2.24, 2.45) is 5.84 Å². The normalized spacial score (nSPS) is 12.2. The van der Waals surface area contributed by atoms with Crippen LogP contribution in [0.1, 0.15) is 23.6 Å². The molecule has 0 aliphatic rings. The van der Waals surface area contributed by atoms with Crippen molar-refractivity contribution in [3.63, 3.8) is 0 Å². The summed E-state index contributed by atoms with van der Waals surface area (Å²) < 4.78 is 18.8. The Morgan fingerprint density at radius 2 is 2.20 bits per heavy atom. The lowest BCUT2D eigenvalue weighted by Crippen LogP contribution is -2.29. The first kappa shape index (κ1) is 14.4. The summed E-state index contributed by atoms with van der Waals surface area (Å²) in [6.45, 7) is 2.49. The second kappa shape index (κ2) is 6.98. The van der Waals surface area contributed by atoms with E-state index in [9.17, 15) is 4.39 Å². The number of benzene rings is 1. The molecule has 0 fully saturated rings. The maximum Gasteiger partial charge on any atom is 0.141 e. The molecule has 0 aliphatic heterocycles. The molecule has 0 radical (unpaired) electrons. The largest absolute Gasteiger partial charge is 0.494 e. The molecule has 20 heavy (non-hydrogen) atoms. The predicted octanol–water partition coefficient (Wildman–Crippen LogP) is 2.50. The van der Waals surface area contributed by atoms with Crippen LogP contribution in [0.4, 0.5) is 4.39 Å². The van der Waals surface area contributed by atoms with Crippen LogP contribution in [0.3, 0.4) is 0 Å². The van der Waals surface area contributed by atoms with E-state index < -0.39 is 0 Å². The van der Waals surface area contributed by atoms with Crippen LogP contribution in [-0.4, -0.2) is 11.6 Å². The van der Waals surface area contributed by atoms with Crippen LogP contribution in [0, 0.1) is 12.7 Å². The van der Waals surface area contributed by atoms with E-state index in [4.69, 9.17) is 10.6 Å². The minimum atomic E-state index is -0.373. The van der Waals surface area contributed by atoms with Gasteiger partial charge in [-0.3, -0.25) is 16.3 Å². The third-order valence-corrected chi connectivity index (χ3v) is 2.99. The molecule has 1 aromatic heterocycles. The molecular weight excluding hydrogens is 257 g/mol. The summed E-state index contributed by atoms with van der Waals surface area (Å²) in [4.78, 5) is 3.82. The van der Waals surface area contributed by atoms with E-state index in [2.05, 4.69) is 10.4 Å². The van der Waals surface area contributed by atoms with Crippen LogP contribution in [0.25, 0.3) is 0 Å². The molecule has 2 rings (SSSR count). The predicted molar refractivity (Wildman–Crippen MR) is 75.6 cm³/mol. The van der Waals surface area contributed by atoms with Crippen LogP contribution in [0.15, 0.2) is 42.7 Å². The van der Waals surface area contributed by atoms with Gasteiger partial charge in [-0.05, 0) is 36.2 Å². The van der Waals surface area contributed by atoms with Gasteiger partial charge in [0, 0.05) is 12.6 Å². The second-order valence-electron chi connectivity index (χ2n) is 4.61. The van der Waals surface area contributed by atoms with E-state index >= 15 is 0 Å². The molecule has 2 aromatic rings. The summed E-state index contributed by atoms with van der Waals surface area (Å²) >= 11 is 0. The van der Waals surface area contributed by atoms with Gasteiger partial charge < -0.3 is 4.74 Å². The van der Waals surface area contributed by atoms with Gasteiger partial charge in [0.1, 0.15) is 11.6 Å². The summed E-state index contributed by atoms with van der Waals surface area (Å²) in [5.41, 5.74) is 4.51. The van der Waals surface area contributed by atoms with Crippen molar-refractivity contribution in [1.29, 1.82) is 0 Å². The number of nitrogens with zero attached hydrogens (tertiary/aromatic N) is 1. The molecule has 1 heterocycles. The van der Waals surface area contributed by atoms with Gasteiger partial charge in [0.05, 0.1) is 18.8 Å². The number of hydrogen-bond acceptors (Lipinski definition) is 4. The Labute approximate surface area is 117 Å². The number of nitrogens with one attached hydrogen (secondary N) is 1. The SMILES string of the molecule is Cc1cccc(OCCC(NN)c2cncc(F)c2)c1. The fraction of sp³-hybridized carbons (Fsp3) is 0.267. The molecule has 0 saturated heterocycles. The first-order valence-electron chi connectivity index (χ1n) is 6.45. The van der Waals surface area contributed by atoms with Crippen LogP contribution < -0.4 is 16.0 Å². The second-order valence-corrected chi connectivity index (χ2v) is 4.61. The van der Waals surface area contributed by atoms with Gasteiger partial charge in [-0.15, -0.1) is 0 Å². The van der Waals surface area contributed by atoms with Gasteiger partial charge in [-0.2, -0.15) is 0 Å². The van der Waals surface area contributed by atoms with Gasteiger partial charge >= 0.3 is 0 Å². The third-order valence-electron chi connectivity index (χ3n) is 2.99. The molecule has 0 saturated carbocycles. The average Bonchev–Trinajstić information content (AvgIpc) is 2.44. The molecule has 0 bridgehead atoms. The van der Waals surface area contributed by atoms with Crippen molar-refractivity contribution in [2.75, 3.05) is 6.61 Å². The number of aryl methyl sites for hydroxylation is 1. The van der Waals surface area contributed by atoms with Crippen LogP contribution in [-0.2, 0) is 0 Å². The number of aromatic nitrogens is 1. The zero-order valence-electron chi connectivity index (χ0n) is 11.3. The van der Waals surface area contributed by atoms with Crippen LogP contribution >= 0.6 is 0 Å². The van der Waals surface area contributed by atoms with Crippen LogP contribution in [0.2, 0.25) is 0 Å². The van der Waals surface area contributed by atoms with Gasteiger partial charge in [0.2, 0.25) is 0 Å². The highest BCUT2D eigenvalue weighted by Crippen LogP contribution is 2.18. The zero-order chi connectivity index (χ0) is 14.4. The Balaban J connectivity index is 1.91. The Hall–Kier alpha value is -1.98. The lowest BCUT2D eigenvalue weighted by Gasteiger charge is -2.16. The Morgan fingerprint density at radius 1 is 1.35 bits per heavy atom. The molecule has 0 spiro atoms. The van der Waals surface area contributed by atoms with E-state index in [-0.39, 0.29) is 11.9 Å². The highest BCUT2D eigenvalue weighted by molar-refractivity contribution is 5.27. The molecule has 0 amide bonds. The van der Waals surface area contributed by atoms with Crippen molar-refractivity contribution >= 4 is 0 Å². The average molecular weight is 275 g/mol. The van der Waals surface area contributed by atoms with Crippen molar-refractivity contribution in [1.82, 2.24) is 10.4 Å². The summed E-state index contributed by atoms with van der Waals surface area (Å²) in [5.74, 6) is 5.95. The summed E-state index contributed by atoms with van der Waals surface area (Å²) in [6, 6.07) is 9.05. The molecule has 1 unspecified atom stereocenters. The van der Waals surface area contributed by atoms with E-state index in [1.165, 1.54) is 12.3 Å². The molecule has 3 N–H and O–H groups in total. The number of hydrazine groups is 1. The topological polar surface area (TPSA) is 60.2 Å². The fourth-order valence-electron chi connectivity index (χ4n) is 1.96. The van der Waals surface area contributed by atoms with Gasteiger partial charge in [-0.25, -0.2) is 4.39 Å². The third kappa shape index (κ3) is 4.01. The summed E-state index contributed by atoms with van der Waals surface area (Å²) in [6.07, 6.45) is 3.39. The smallest absolute Gasteiger partial charge is 0.141 e. The van der Waals surface area contributed by atoms with Crippen molar-refractivity contribution < 1.29 is 9.13 Å². The number of pyridine rings is 1. The maximum absolute atomic E-state index is 13.1. The van der Waals surface area contributed by atoms with Gasteiger partial charge in [0.25, 0.3) is 0 Å². The zero-order valence-corrected chi connectivity index (χ0v) is 11.3. The van der Waals surface area contributed by atoms with E-state index in [0.717, 1.165) is 11.3 Å². The highest BCUT2D eigenvalue weighted by Gasteiger charge is 2.11. The molecule has 106 valence electrons. The number of ether oxygens (including phenoxy) is 1. The van der Waals surface area contributed by atoms with Crippen molar-refractivity contribution in [2.45, 2.75) is 19.4 Å². The Morgan fingerprint density at radius 3 is 2.90 bits per heavy atom. The first-order chi connectivity index (χ1) is 9.69. The Bertz CT molecular complexity index is 562. The molecule has 1 aromatic carbocycles. The van der Waals surface area contributed by atoms with Crippen molar-refractivity contribution in [3.05, 3.63) is 59.7 Å². The molecule has 5 heteroatoms. The molecule has 1 atom stereocenters. The number of rotatable bonds is 6. The minimum Gasteiger partial charge on any atom is -0.494 e. The van der Waals surface area contributed by atoms with Gasteiger partial charge in [0.15, 0.2) is 0 Å². The highest BCUT2D eigenvalue weighted by atomic mass is 19.1. The van der Waals surface area contributed by atoms with Gasteiger partial charge in [-0.1, -0.05) is 12.1 Å². The maximum atomic E-state index is 13.1.